The lowest BCUT2D eigenvalue weighted by Gasteiger charge is -2.18. The summed E-state index contributed by atoms with van der Waals surface area (Å²) in [7, 11) is 1.58. The first-order chi connectivity index (χ1) is 13.9. The van der Waals surface area contributed by atoms with E-state index in [2.05, 4.69) is 20.9 Å². The molecular formula is C22H26N4O3. The van der Waals surface area contributed by atoms with Crippen molar-refractivity contribution in [3.05, 3.63) is 47.2 Å². The fraction of sp³-hybridized carbons (Fsp3) is 0.409. The zero-order chi connectivity index (χ0) is 20.6. The van der Waals surface area contributed by atoms with Crippen LogP contribution in [-0.4, -0.2) is 47.1 Å². The van der Waals surface area contributed by atoms with Gasteiger partial charge < -0.3 is 21.1 Å². The topological polar surface area (TPSA) is 103 Å². The molecule has 0 bridgehead atoms. The van der Waals surface area contributed by atoms with Crippen LogP contribution in [0.4, 0.5) is 5.82 Å². The normalized spacial score (nSPS) is 16.8. The predicted octanol–water partition coefficient (Wildman–Crippen LogP) is 2.25. The van der Waals surface area contributed by atoms with E-state index in [9.17, 15) is 14.7 Å². The van der Waals surface area contributed by atoms with Crippen molar-refractivity contribution in [1.29, 1.82) is 0 Å². The Morgan fingerprint density at radius 1 is 1.21 bits per heavy atom. The molecule has 2 amide bonds. The highest BCUT2D eigenvalue weighted by molar-refractivity contribution is 6.00. The van der Waals surface area contributed by atoms with Crippen molar-refractivity contribution in [2.45, 2.75) is 44.2 Å². The van der Waals surface area contributed by atoms with Gasteiger partial charge in [-0.25, -0.2) is 4.98 Å². The van der Waals surface area contributed by atoms with Gasteiger partial charge in [-0.05, 0) is 61.9 Å². The summed E-state index contributed by atoms with van der Waals surface area (Å²) in [5.41, 5.74) is 3.25. The van der Waals surface area contributed by atoms with Crippen molar-refractivity contribution in [3.63, 3.8) is 0 Å². The summed E-state index contributed by atoms with van der Waals surface area (Å²) >= 11 is 0. The second-order valence-electron chi connectivity index (χ2n) is 8.04. The smallest absolute Gasteiger partial charge is 0.254 e. The molecule has 0 unspecified atom stereocenters. The third-order valence-electron chi connectivity index (χ3n) is 5.62. The second kappa shape index (κ2) is 7.48. The summed E-state index contributed by atoms with van der Waals surface area (Å²) in [6, 6.07) is 7.65. The number of aliphatic hydroxyl groups excluding tert-OH is 1. The Labute approximate surface area is 169 Å². The number of aryl methyl sites for hydroxylation is 1. The lowest BCUT2D eigenvalue weighted by atomic mass is 9.97. The van der Waals surface area contributed by atoms with Gasteiger partial charge in [0, 0.05) is 30.4 Å². The third-order valence-corrected chi connectivity index (χ3v) is 5.62. The zero-order valence-electron chi connectivity index (χ0n) is 16.7. The minimum Gasteiger partial charge on any atom is -0.394 e. The van der Waals surface area contributed by atoms with Crippen LogP contribution in [0.15, 0.2) is 30.5 Å². The number of anilines is 1. The molecule has 1 aromatic carbocycles. The molecule has 152 valence electrons. The van der Waals surface area contributed by atoms with Crippen LogP contribution in [0.25, 0.3) is 11.1 Å². The van der Waals surface area contributed by atoms with Gasteiger partial charge in [0.1, 0.15) is 5.82 Å². The molecule has 0 spiro atoms. The fourth-order valence-corrected chi connectivity index (χ4v) is 3.31. The summed E-state index contributed by atoms with van der Waals surface area (Å²) in [5, 5.41) is 18.5. The Kier molecular flexibility index (Phi) is 5.00. The molecular weight excluding hydrogens is 368 g/mol. The molecule has 7 nitrogen and oxygen atoms in total. The molecule has 4 rings (SSSR count). The van der Waals surface area contributed by atoms with Crippen LogP contribution in [-0.2, 0) is 0 Å². The first-order valence-corrected chi connectivity index (χ1v) is 9.98. The summed E-state index contributed by atoms with van der Waals surface area (Å²) in [6.07, 6.45) is 5.46. The number of nitrogens with one attached hydrogen (secondary N) is 3. The Morgan fingerprint density at radius 3 is 2.59 bits per heavy atom. The molecule has 1 aromatic heterocycles. The maximum absolute atomic E-state index is 12.5. The maximum atomic E-state index is 12.5. The number of hydrogen-bond acceptors (Lipinski definition) is 5. The number of nitrogens with zero attached hydrogens (tertiary/aromatic N) is 1. The summed E-state index contributed by atoms with van der Waals surface area (Å²) in [4.78, 5) is 29.4. The molecule has 2 saturated carbocycles. The summed E-state index contributed by atoms with van der Waals surface area (Å²) in [6.45, 7) is 1.97. The molecule has 7 heteroatoms. The molecule has 1 heterocycles. The van der Waals surface area contributed by atoms with E-state index in [0.29, 0.717) is 23.0 Å². The van der Waals surface area contributed by atoms with Crippen LogP contribution in [0.1, 0.15) is 52.0 Å². The average molecular weight is 394 g/mol. The van der Waals surface area contributed by atoms with Gasteiger partial charge >= 0.3 is 0 Å². The van der Waals surface area contributed by atoms with Crippen LogP contribution >= 0.6 is 0 Å². The molecule has 2 aromatic rings. The number of aliphatic hydroxyl groups is 1. The van der Waals surface area contributed by atoms with Gasteiger partial charge in [0.25, 0.3) is 11.8 Å². The van der Waals surface area contributed by atoms with Gasteiger partial charge in [0.15, 0.2) is 0 Å². The molecule has 29 heavy (non-hydrogen) atoms. The van der Waals surface area contributed by atoms with Crippen molar-refractivity contribution >= 4 is 17.6 Å². The third kappa shape index (κ3) is 4.10. The number of aromatic nitrogens is 1. The largest absolute Gasteiger partial charge is 0.394 e. The number of pyridine rings is 1. The Balaban J connectivity index is 1.69. The van der Waals surface area contributed by atoms with Crippen molar-refractivity contribution in [1.82, 2.24) is 15.6 Å². The van der Waals surface area contributed by atoms with E-state index in [0.717, 1.165) is 42.4 Å². The molecule has 2 fully saturated rings. The number of benzene rings is 1. The van der Waals surface area contributed by atoms with Gasteiger partial charge in [-0.3, -0.25) is 9.59 Å². The number of amides is 2. The molecule has 0 atom stereocenters. The highest BCUT2D eigenvalue weighted by Gasteiger charge is 2.43. The maximum Gasteiger partial charge on any atom is 0.254 e. The number of hydrogen-bond donors (Lipinski definition) is 4. The van der Waals surface area contributed by atoms with Gasteiger partial charge in [-0.1, -0.05) is 6.07 Å². The van der Waals surface area contributed by atoms with Crippen molar-refractivity contribution in [3.8, 4) is 11.1 Å². The monoisotopic (exact) mass is 394 g/mol. The van der Waals surface area contributed by atoms with E-state index in [1.165, 1.54) is 0 Å². The Hall–Kier alpha value is -2.93. The molecule has 4 N–H and O–H groups in total. The van der Waals surface area contributed by atoms with E-state index >= 15 is 0 Å². The highest BCUT2D eigenvalue weighted by atomic mass is 16.3. The first kappa shape index (κ1) is 19.4. The van der Waals surface area contributed by atoms with Gasteiger partial charge in [-0.15, -0.1) is 0 Å². The van der Waals surface area contributed by atoms with Crippen LogP contribution in [0.2, 0.25) is 0 Å². The number of rotatable bonds is 7. The average Bonchev–Trinajstić information content (AvgIpc) is 3.66. The van der Waals surface area contributed by atoms with Crippen LogP contribution < -0.4 is 16.0 Å². The fourth-order valence-electron chi connectivity index (χ4n) is 3.31. The molecule has 0 aliphatic heterocycles. The van der Waals surface area contributed by atoms with Crippen LogP contribution in [0.5, 0.6) is 0 Å². The van der Waals surface area contributed by atoms with E-state index in [1.54, 1.807) is 19.3 Å². The summed E-state index contributed by atoms with van der Waals surface area (Å²) < 4.78 is 0. The molecule has 2 aliphatic rings. The van der Waals surface area contributed by atoms with Gasteiger partial charge in [0.2, 0.25) is 0 Å². The number of carbonyl (C=O) groups excluding carboxylic acids is 2. The summed E-state index contributed by atoms with van der Waals surface area (Å²) in [5.74, 6) is 0.126. The Morgan fingerprint density at radius 2 is 1.97 bits per heavy atom. The predicted molar refractivity (Wildman–Crippen MR) is 111 cm³/mol. The zero-order valence-corrected chi connectivity index (χ0v) is 16.7. The van der Waals surface area contributed by atoms with Crippen molar-refractivity contribution in [2.75, 3.05) is 19.0 Å². The lowest BCUT2D eigenvalue weighted by Crippen LogP contribution is -2.29. The second-order valence-corrected chi connectivity index (χ2v) is 8.04. The standard InChI is InChI=1S/C22H26N4O3/c1-13-3-4-14(20(28)25-16-5-6-16)9-17(13)15-10-18(21(29)23-2)19(24-11-15)26-22(12-27)7-8-22/h3-4,9-11,16,27H,5-8,12H2,1-2H3,(H,23,29)(H,24,26)(H,25,28). The molecule has 2 aliphatic carbocycles. The minimum absolute atomic E-state index is 0.000868. The number of carbonyl (C=O) groups is 2. The first-order valence-electron chi connectivity index (χ1n) is 9.98. The van der Waals surface area contributed by atoms with Gasteiger partial charge in [-0.2, -0.15) is 0 Å². The SMILES string of the molecule is CNC(=O)c1cc(-c2cc(C(=O)NC3CC3)ccc2C)cnc1NC1(CO)CC1. The quantitative estimate of drug-likeness (QED) is 0.577. The Bertz CT molecular complexity index is 965. The van der Waals surface area contributed by atoms with E-state index < -0.39 is 0 Å². The highest BCUT2D eigenvalue weighted by Crippen LogP contribution is 2.39. The van der Waals surface area contributed by atoms with Crippen molar-refractivity contribution < 1.29 is 14.7 Å². The van der Waals surface area contributed by atoms with Crippen LogP contribution in [0, 0.1) is 6.92 Å². The van der Waals surface area contributed by atoms with Gasteiger partial charge in [0.05, 0.1) is 17.7 Å². The minimum atomic E-state index is -0.381. The molecule has 0 saturated heterocycles. The van der Waals surface area contributed by atoms with Crippen LogP contribution in [0.3, 0.4) is 0 Å². The van der Waals surface area contributed by atoms with E-state index in [-0.39, 0.29) is 24.0 Å². The van der Waals surface area contributed by atoms with E-state index in [4.69, 9.17) is 0 Å². The lowest BCUT2D eigenvalue weighted by molar-refractivity contribution is 0.0947. The van der Waals surface area contributed by atoms with Crippen molar-refractivity contribution in [2.24, 2.45) is 0 Å². The van der Waals surface area contributed by atoms with E-state index in [1.807, 2.05) is 25.1 Å². The molecule has 0 radical (unpaired) electrons.